The average Bonchev–Trinajstić information content (AvgIpc) is 2.70. The highest BCUT2D eigenvalue weighted by molar-refractivity contribution is 4.91. The summed E-state index contributed by atoms with van der Waals surface area (Å²) >= 11 is 0. The van der Waals surface area contributed by atoms with Gasteiger partial charge in [-0.1, -0.05) is 6.92 Å². The SMILES string of the molecule is CCCn1ccnc1CNCCCCC(F)(F)F. The number of hydrogen-bond donors (Lipinski definition) is 1. The van der Waals surface area contributed by atoms with E-state index in [1.807, 2.05) is 6.20 Å². The van der Waals surface area contributed by atoms with Crippen molar-refractivity contribution in [3.63, 3.8) is 0 Å². The van der Waals surface area contributed by atoms with E-state index < -0.39 is 12.6 Å². The van der Waals surface area contributed by atoms with Crippen LogP contribution >= 0.6 is 0 Å². The molecule has 0 amide bonds. The summed E-state index contributed by atoms with van der Waals surface area (Å²) in [5, 5.41) is 3.12. The van der Waals surface area contributed by atoms with Gasteiger partial charge >= 0.3 is 6.18 Å². The molecule has 0 aliphatic heterocycles. The van der Waals surface area contributed by atoms with Gasteiger partial charge in [0.15, 0.2) is 0 Å². The number of hydrogen-bond acceptors (Lipinski definition) is 2. The largest absolute Gasteiger partial charge is 0.389 e. The van der Waals surface area contributed by atoms with Crippen LogP contribution in [-0.2, 0) is 13.1 Å². The molecule has 0 aliphatic carbocycles. The minimum atomic E-state index is -4.03. The van der Waals surface area contributed by atoms with E-state index in [1.165, 1.54) is 0 Å². The third kappa shape index (κ3) is 6.05. The maximum absolute atomic E-state index is 11.9. The molecule has 0 atom stereocenters. The summed E-state index contributed by atoms with van der Waals surface area (Å²) in [6, 6.07) is 0. The second kappa shape index (κ2) is 7.41. The van der Waals surface area contributed by atoms with E-state index in [0.717, 1.165) is 18.8 Å². The topological polar surface area (TPSA) is 29.9 Å². The molecule has 1 aromatic heterocycles. The lowest BCUT2D eigenvalue weighted by atomic mass is 10.2. The first-order valence-corrected chi connectivity index (χ1v) is 6.30. The van der Waals surface area contributed by atoms with Crippen LogP contribution in [0.4, 0.5) is 13.2 Å². The fourth-order valence-electron chi connectivity index (χ4n) is 1.73. The lowest BCUT2D eigenvalue weighted by molar-refractivity contribution is -0.135. The molecule has 0 fully saturated rings. The van der Waals surface area contributed by atoms with Gasteiger partial charge in [-0.3, -0.25) is 0 Å². The second-order valence-electron chi connectivity index (χ2n) is 4.29. The first-order chi connectivity index (χ1) is 8.53. The van der Waals surface area contributed by atoms with Gasteiger partial charge in [-0.15, -0.1) is 0 Å². The Balaban J connectivity index is 2.12. The van der Waals surface area contributed by atoms with Crippen molar-refractivity contribution in [3.05, 3.63) is 18.2 Å². The first-order valence-electron chi connectivity index (χ1n) is 6.30. The van der Waals surface area contributed by atoms with Crippen LogP contribution in [0.2, 0.25) is 0 Å². The quantitative estimate of drug-likeness (QED) is 0.730. The molecule has 0 bridgehead atoms. The number of nitrogens with one attached hydrogen (secondary N) is 1. The Hall–Kier alpha value is -1.04. The molecule has 0 aromatic carbocycles. The van der Waals surface area contributed by atoms with Crippen LogP contribution in [0.15, 0.2) is 12.4 Å². The molecule has 0 saturated carbocycles. The van der Waals surface area contributed by atoms with Crippen LogP contribution in [0, 0.1) is 0 Å². The Labute approximate surface area is 105 Å². The van der Waals surface area contributed by atoms with Gasteiger partial charge in [0, 0.05) is 25.4 Å². The number of imidazole rings is 1. The summed E-state index contributed by atoms with van der Waals surface area (Å²) in [5.41, 5.74) is 0. The van der Waals surface area contributed by atoms with Crippen molar-refractivity contribution in [2.45, 2.75) is 51.9 Å². The minimum absolute atomic E-state index is 0.180. The number of nitrogens with zero attached hydrogens (tertiary/aromatic N) is 2. The van der Waals surface area contributed by atoms with Gasteiger partial charge < -0.3 is 9.88 Å². The van der Waals surface area contributed by atoms with Crippen LogP contribution in [0.3, 0.4) is 0 Å². The van der Waals surface area contributed by atoms with Gasteiger partial charge in [0.2, 0.25) is 0 Å². The second-order valence-corrected chi connectivity index (χ2v) is 4.29. The number of rotatable bonds is 8. The summed E-state index contributed by atoms with van der Waals surface area (Å²) in [5.74, 6) is 0.938. The highest BCUT2D eigenvalue weighted by Gasteiger charge is 2.25. The zero-order chi connectivity index (χ0) is 13.4. The lowest BCUT2D eigenvalue weighted by Gasteiger charge is -2.08. The van der Waals surface area contributed by atoms with Crippen LogP contribution in [-0.4, -0.2) is 22.3 Å². The van der Waals surface area contributed by atoms with E-state index in [9.17, 15) is 13.2 Å². The van der Waals surface area contributed by atoms with Gasteiger partial charge in [-0.2, -0.15) is 13.2 Å². The van der Waals surface area contributed by atoms with Crippen molar-refractivity contribution in [1.29, 1.82) is 0 Å². The summed E-state index contributed by atoms with van der Waals surface area (Å²) in [6.07, 6.45) is 0.694. The van der Waals surface area contributed by atoms with E-state index >= 15 is 0 Å². The minimum Gasteiger partial charge on any atom is -0.334 e. The van der Waals surface area contributed by atoms with E-state index in [2.05, 4.69) is 21.8 Å². The number of aryl methyl sites for hydroxylation is 1. The van der Waals surface area contributed by atoms with Gasteiger partial charge in [-0.25, -0.2) is 4.98 Å². The van der Waals surface area contributed by atoms with Crippen LogP contribution < -0.4 is 5.32 Å². The highest BCUT2D eigenvalue weighted by atomic mass is 19.4. The Kier molecular flexibility index (Phi) is 6.18. The summed E-state index contributed by atoms with van der Waals surface area (Å²) in [7, 11) is 0. The molecule has 1 rings (SSSR count). The van der Waals surface area contributed by atoms with Gasteiger partial charge in [0.05, 0.1) is 6.54 Å². The van der Waals surface area contributed by atoms with E-state index in [0.29, 0.717) is 19.5 Å². The lowest BCUT2D eigenvalue weighted by Crippen LogP contribution is -2.18. The van der Waals surface area contributed by atoms with Crippen LogP contribution in [0.1, 0.15) is 38.4 Å². The molecule has 0 radical (unpaired) electrons. The molecule has 0 aliphatic rings. The van der Waals surface area contributed by atoms with Crippen molar-refractivity contribution in [1.82, 2.24) is 14.9 Å². The van der Waals surface area contributed by atoms with E-state index in [1.54, 1.807) is 6.20 Å². The van der Waals surface area contributed by atoms with Crippen molar-refractivity contribution >= 4 is 0 Å². The summed E-state index contributed by atoms with van der Waals surface area (Å²) in [6.45, 7) is 4.22. The average molecular weight is 263 g/mol. The number of alkyl halides is 3. The predicted octanol–water partition coefficient (Wildman–Crippen LogP) is 3.12. The molecular formula is C12H20F3N3. The van der Waals surface area contributed by atoms with Crippen molar-refractivity contribution in [2.24, 2.45) is 0 Å². The Bertz CT molecular complexity index is 334. The molecule has 0 spiro atoms. The smallest absolute Gasteiger partial charge is 0.334 e. The predicted molar refractivity (Wildman–Crippen MR) is 64.1 cm³/mol. The van der Waals surface area contributed by atoms with Crippen molar-refractivity contribution in [2.75, 3.05) is 6.54 Å². The maximum Gasteiger partial charge on any atom is 0.389 e. The van der Waals surface area contributed by atoms with Crippen molar-refractivity contribution in [3.8, 4) is 0 Å². The Morgan fingerprint density at radius 3 is 2.78 bits per heavy atom. The maximum atomic E-state index is 11.9. The Morgan fingerprint density at radius 1 is 1.33 bits per heavy atom. The highest BCUT2D eigenvalue weighted by Crippen LogP contribution is 2.21. The molecule has 18 heavy (non-hydrogen) atoms. The third-order valence-corrected chi connectivity index (χ3v) is 2.61. The van der Waals surface area contributed by atoms with E-state index in [-0.39, 0.29) is 6.42 Å². The summed E-state index contributed by atoms with van der Waals surface area (Å²) < 4.78 is 37.7. The molecule has 1 heterocycles. The molecule has 0 unspecified atom stereocenters. The Morgan fingerprint density at radius 2 is 2.11 bits per heavy atom. The number of aromatic nitrogens is 2. The standard InChI is InChI=1S/C12H20F3N3/c1-2-8-18-9-7-17-11(18)10-16-6-4-3-5-12(13,14)15/h7,9,16H,2-6,8,10H2,1H3. The third-order valence-electron chi connectivity index (χ3n) is 2.61. The van der Waals surface area contributed by atoms with Crippen LogP contribution in [0.5, 0.6) is 0 Å². The molecule has 104 valence electrons. The van der Waals surface area contributed by atoms with Gasteiger partial charge in [-0.05, 0) is 25.8 Å². The molecule has 0 saturated heterocycles. The van der Waals surface area contributed by atoms with Crippen LogP contribution in [0.25, 0.3) is 0 Å². The summed E-state index contributed by atoms with van der Waals surface area (Å²) in [4.78, 5) is 4.21. The van der Waals surface area contributed by atoms with Gasteiger partial charge in [0.25, 0.3) is 0 Å². The normalized spacial score (nSPS) is 12.0. The fraction of sp³-hybridized carbons (Fsp3) is 0.750. The number of halogens is 3. The first kappa shape index (κ1) is 15.0. The monoisotopic (exact) mass is 263 g/mol. The zero-order valence-corrected chi connectivity index (χ0v) is 10.6. The molecule has 3 nitrogen and oxygen atoms in total. The van der Waals surface area contributed by atoms with Crippen molar-refractivity contribution < 1.29 is 13.2 Å². The zero-order valence-electron chi connectivity index (χ0n) is 10.6. The fourth-order valence-corrected chi connectivity index (χ4v) is 1.73. The van der Waals surface area contributed by atoms with Gasteiger partial charge in [0.1, 0.15) is 5.82 Å². The molecule has 1 aromatic rings. The number of unbranched alkanes of at least 4 members (excludes halogenated alkanes) is 1. The molecule has 1 N–H and O–H groups in total. The molecule has 6 heteroatoms. The van der Waals surface area contributed by atoms with E-state index in [4.69, 9.17) is 0 Å². The molecular weight excluding hydrogens is 243 g/mol.